The molecule has 1 aliphatic rings. The zero-order chi connectivity index (χ0) is 21.6. The molecule has 1 aromatic carbocycles. The Morgan fingerprint density at radius 2 is 1.73 bits per heavy atom. The van der Waals surface area contributed by atoms with E-state index in [9.17, 15) is 4.79 Å². The summed E-state index contributed by atoms with van der Waals surface area (Å²) in [5.41, 5.74) is 8.07. The summed E-state index contributed by atoms with van der Waals surface area (Å²) in [5, 5.41) is 10.2. The van der Waals surface area contributed by atoms with E-state index in [0.29, 0.717) is 24.2 Å². The molecule has 7 nitrogen and oxygen atoms in total. The number of amides is 1. The van der Waals surface area contributed by atoms with E-state index in [-0.39, 0.29) is 5.91 Å². The van der Waals surface area contributed by atoms with Crippen molar-refractivity contribution >= 4 is 23.5 Å². The number of carbonyl (C=O) groups is 1. The van der Waals surface area contributed by atoms with Crippen molar-refractivity contribution < 1.29 is 4.79 Å². The summed E-state index contributed by atoms with van der Waals surface area (Å²) in [6, 6.07) is 8.45. The monoisotopic (exact) mass is 414 g/mol. The predicted molar refractivity (Wildman–Crippen MR) is 126 cm³/mol. The summed E-state index contributed by atoms with van der Waals surface area (Å²) in [7, 11) is 1.70. The molecule has 0 unspecified atom stereocenters. The maximum atomic E-state index is 11.2. The topological polar surface area (TPSA) is 118 Å². The van der Waals surface area contributed by atoms with Crippen molar-refractivity contribution in [2.24, 2.45) is 15.9 Å². The van der Waals surface area contributed by atoms with Gasteiger partial charge in [-0.1, -0.05) is 31.4 Å². The summed E-state index contributed by atoms with van der Waals surface area (Å²) in [6.07, 6.45) is 12.7. The van der Waals surface area contributed by atoms with E-state index in [1.165, 1.54) is 19.3 Å². The van der Waals surface area contributed by atoms with E-state index in [0.717, 1.165) is 56.3 Å². The van der Waals surface area contributed by atoms with Crippen LogP contribution >= 0.6 is 0 Å². The Morgan fingerprint density at radius 3 is 2.40 bits per heavy atom. The molecule has 166 valence electrons. The molecule has 0 aliphatic heterocycles. The molecule has 1 fully saturated rings. The maximum Gasteiger partial charge on any atom is 0.219 e. The lowest BCUT2D eigenvalue weighted by molar-refractivity contribution is -0.120. The summed E-state index contributed by atoms with van der Waals surface area (Å²) < 4.78 is 0. The van der Waals surface area contributed by atoms with Crippen LogP contribution in [-0.2, 0) is 4.79 Å². The highest BCUT2D eigenvalue weighted by molar-refractivity contribution is 6.38. The minimum Gasteiger partial charge on any atom is -0.399 e. The predicted octanol–water partition coefficient (Wildman–Crippen LogP) is 2.99. The number of anilines is 1. The van der Waals surface area contributed by atoms with Crippen molar-refractivity contribution in [1.82, 2.24) is 10.6 Å². The number of benzene rings is 1. The summed E-state index contributed by atoms with van der Waals surface area (Å²) in [5.74, 6) is 5.69. The molecule has 0 bridgehead atoms. The van der Waals surface area contributed by atoms with E-state index in [2.05, 4.69) is 15.7 Å². The number of nitrogens with one attached hydrogen (secondary N) is 2. The summed E-state index contributed by atoms with van der Waals surface area (Å²) >= 11 is 0. The van der Waals surface area contributed by atoms with Gasteiger partial charge in [-0.2, -0.15) is 5.10 Å². The Kier molecular flexibility index (Phi) is 10.9. The van der Waals surface area contributed by atoms with Gasteiger partial charge in [-0.3, -0.25) is 9.79 Å². The number of hydrogen-bond acceptors (Lipinski definition) is 6. The highest BCUT2D eigenvalue weighted by atomic mass is 16.1. The van der Waals surface area contributed by atoms with Crippen LogP contribution in [0.4, 0.5) is 5.69 Å². The Hall–Kier alpha value is -2.41. The molecule has 6 N–H and O–H groups in total. The van der Waals surface area contributed by atoms with Gasteiger partial charge < -0.3 is 22.2 Å². The molecular formula is C23H38N6O. The van der Waals surface area contributed by atoms with Crippen molar-refractivity contribution in [1.29, 1.82) is 0 Å². The lowest BCUT2D eigenvalue weighted by atomic mass is 9.91. The number of nitrogens with zero attached hydrogens (tertiary/aromatic N) is 2. The third-order valence-electron chi connectivity index (χ3n) is 5.74. The zero-order valence-electron chi connectivity index (χ0n) is 18.3. The minimum absolute atomic E-state index is 0.147. The average Bonchev–Trinajstić information content (AvgIpc) is 2.77. The standard InChI is InChI=1S/C23H38N6O/c1-26-23(30)7-5-3-2-4-6-16-27-20-12-14-21(15-13-20)28-17-22(29-25)18-8-10-19(24)11-9-18/h8-11,17,20-21,27H,2-7,12-16,24-25H2,1H3,(H,26,30)/b28-17?,29-22+. The van der Waals surface area contributed by atoms with Crippen molar-refractivity contribution in [2.75, 3.05) is 19.3 Å². The van der Waals surface area contributed by atoms with Crippen LogP contribution in [0.2, 0.25) is 0 Å². The fourth-order valence-electron chi connectivity index (χ4n) is 3.81. The quantitative estimate of drug-likeness (QED) is 0.138. The van der Waals surface area contributed by atoms with E-state index >= 15 is 0 Å². The number of nitrogens with two attached hydrogens (primary N) is 2. The van der Waals surface area contributed by atoms with E-state index in [1.54, 1.807) is 13.3 Å². The van der Waals surface area contributed by atoms with Crippen LogP contribution in [0.15, 0.2) is 34.4 Å². The maximum absolute atomic E-state index is 11.2. The first kappa shape index (κ1) is 23.9. The molecule has 0 spiro atoms. The zero-order valence-corrected chi connectivity index (χ0v) is 18.3. The Morgan fingerprint density at radius 1 is 1.07 bits per heavy atom. The van der Waals surface area contributed by atoms with Crippen LogP contribution in [-0.4, -0.2) is 43.5 Å². The fourth-order valence-corrected chi connectivity index (χ4v) is 3.81. The second-order valence-corrected chi connectivity index (χ2v) is 8.07. The van der Waals surface area contributed by atoms with Gasteiger partial charge in [-0.25, -0.2) is 0 Å². The largest absolute Gasteiger partial charge is 0.399 e. The van der Waals surface area contributed by atoms with Gasteiger partial charge in [0.15, 0.2) is 0 Å². The normalized spacial score (nSPS) is 19.8. The minimum atomic E-state index is 0.147. The van der Waals surface area contributed by atoms with Crippen LogP contribution in [0, 0.1) is 0 Å². The number of hydrogen-bond donors (Lipinski definition) is 4. The smallest absolute Gasteiger partial charge is 0.219 e. The van der Waals surface area contributed by atoms with Gasteiger partial charge in [0.2, 0.25) is 5.91 Å². The van der Waals surface area contributed by atoms with Crippen LogP contribution in [0.3, 0.4) is 0 Å². The molecule has 30 heavy (non-hydrogen) atoms. The Bertz CT molecular complexity index is 677. The first-order valence-corrected chi connectivity index (χ1v) is 11.2. The van der Waals surface area contributed by atoms with Gasteiger partial charge in [0.25, 0.3) is 0 Å². The number of nitrogen functional groups attached to an aromatic ring is 1. The number of unbranched alkanes of at least 4 members (excludes halogenated alkanes) is 4. The number of hydrazone groups is 1. The second kappa shape index (κ2) is 13.7. The molecule has 1 amide bonds. The second-order valence-electron chi connectivity index (χ2n) is 8.07. The van der Waals surface area contributed by atoms with Gasteiger partial charge in [0.05, 0.1) is 6.04 Å². The number of aliphatic imine (C=N–C) groups is 1. The third-order valence-corrected chi connectivity index (χ3v) is 5.74. The lowest BCUT2D eigenvalue weighted by Gasteiger charge is -2.27. The molecular weight excluding hydrogens is 376 g/mol. The molecule has 1 aromatic rings. The van der Waals surface area contributed by atoms with E-state index < -0.39 is 0 Å². The summed E-state index contributed by atoms with van der Waals surface area (Å²) in [6.45, 7) is 1.08. The van der Waals surface area contributed by atoms with Crippen molar-refractivity contribution in [2.45, 2.75) is 76.3 Å². The first-order valence-electron chi connectivity index (χ1n) is 11.2. The van der Waals surface area contributed by atoms with Crippen molar-refractivity contribution in [3.05, 3.63) is 29.8 Å². The molecule has 1 aliphatic carbocycles. The Balaban J connectivity index is 1.57. The highest BCUT2D eigenvalue weighted by Crippen LogP contribution is 2.21. The highest BCUT2D eigenvalue weighted by Gasteiger charge is 2.19. The van der Waals surface area contributed by atoms with Crippen molar-refractivity contribution in [3.63, 3.8) is 0 Å². The molecule has 1 saturated carbocycles. The molecule has 0 radical (unpaired) electrons. The number of rotatable bonds is 12. The number of carbonyl (C=O) groups excluding carboxylic acids is 1. The van der Waals surface area contributed by atoms with Crippen molar-refractivity contribution in [3.8, 4) is 0 Å². The van der Waals surface area contributed by atoms with Gasteiger partial charge in [0, 0.05) is 37.0 Å². The van der Waals surface area contributed by atoms with Crippen LogP contribution in [0.25, 0.3) is 0 Å². The summed E-state index contributed by atoms with van der Waals surface area (Å²) in [4.78, 5) is 15.9. The van der Waals surface area contributed by atoms with Crippen LogP contribution < -0.4 is 22.2 Å². The molecule has 2 rings (SSSR count). The SMILES string of the molecule is CNC(=O)CCCCCCCNC1CCC(N=C/C(=N\N)c2ccc(N)cc2)CC1. The van der Waals surface area contributed by atoms with Gasteiger partial charge in [0.1, 0.15) is 5.71 Å². The van der Waals surface area contributed by atoms with Gasteiger partial charge in [-0.05, 0) is 57.2 Å². The first-order chi connectivity index (χ1) is 14.6. The van der Waals surface area contributed by atoms with E-state index in [1.807, 2.05) is 24.3 Å². The average molecular weight is 415 g/mol. The Labute approximate surface area is 180 Å². The third kappa shape index (κ3) is 8.95. The molecule has 0 saturated heterocycles. The molecule has 0 heterocycles. The fraction of sp³-hybridized carbons (Fsp3) is 0.609. The van der Waals surface area contributed by atoms with E-state index in [4.69, 9.17) is 16.6 Å². The van der Waals surface area contributed by atoms with Gasteiger partial charge >= 0.3 is 0 Å². The molecule has 7 heteroatoms. The van der Waals surface area contributed by atoms with Crippen LogP contribution in [0.5, 0.6) is 0 Å². The van der Waals surface area contributed by atoms with Crippen LogP contribution in [0.1, 0.15) is 69.8 Å². The molecule has 0 aromatic heterocycles. The molecule has 0 atom stereocenters. The lowest BCUT2D eigenvalue weighted by Crippen LogP contribution is -2.34. The van der Waals surface area contributed by atoms with Gasteiger partial charge in [-0.15, -0.1) is 0 Å².